The van der Waals surface area contributed by atoms with E-state index in [1.807, 2.05) is 25.3 Å². The Balaban J connectivity index is 2.04. The highest BCUT2D eigenvalue weighted by molar-refractivity contribution is 7.14. The smallest absolute Gasteiger partial charge is 0.261 e. The minimum atomic E-state index is -0.170. The fourth-order valence-corrected chi connectivity index (χ4v) is 3.49. The molecule has 0 bridgehead atoms. The van der Waals surface area contributed by atoms with Gasteiger partial charge in [0, 0.05) is 6.54 Å². The Hall–Kier alpha value is -1.61. The molecular weight excluding hydrogens is 290 g/mol. The molecule has 104 valence electrons. The minimum absolute atomic E-state index is 0.0826. The number of hydrogen-bond donors (Lipinski definition) is 2. The van der Waals surface area contributed by atoms with Crippen LogP contribution in [0.3, 0.4) is 0 Å². The van der Waals surface area contributed by atoms with E-state index < -0.39 is 0 Å². The Morgan fingerprint density at radius 3 is 2.80 bits per heavy atom. The van der Waals surface area contributed by atoms with Gasteiger partial charge in [-0.15, -0.1) is 11.3 Å². The number of aryl methyl sites for hydroxylation is 2. The first-order chi connectivity index (χ1) is 9.61. The number of aliphatic hydroxyl groups excluding tert-OH is 1. The van der Waals surface area contributed by atoms with E-state index in [-0.39, 0.29) is 12.5 Å². The van der Waals surface area contributed by atoms with Gasteiger partial charge >= 0.3 is 0 Å². The number of hydrogen-bond acceptors (Lipinski definition) is 4. The predicted octanol–water partition coefficient (Wildman–Crippen LogP) is 2.70. The van der Waals surface area contributed by atoms with Crippen LogP contribution in [0.5, 0.6) is 0 Å². The highest BCUT2D eigenvalue weighted by atomic mass is 32.1. The number of carbonyl (C=O) groups is 1. The van der Waals surface area contributed by atoms with Gasteiger partial charge in [0.1, 0.15) is 6.61 Å². The van der Waals surface area contributed by atoms with Crippen molar-refractivity contribution in [3.63, 3.8) is 0 Å². The van der Waals surface area contributed by atoms with Gasteiger partial charge in [0.25, 0.3) is 5.91 Å². The van der Waals surface area contributed by atoms with Crippen molar-refractivity contribution in [3.05, 3.63) is 43.3 Å². The standard InChI is InChI=1S/C15H15NO2S2/c1-10-6-14(20-13(10)4-3-5-17)15(18)16-7-12-9-19-8-11(12)2/h6,8-9,17H,5,7H2,1-2H3,(H,16,18). The first-order valence-corrected chi connectivity index (χ1v) is 7.87. The van der Waals surface area contributed by atoms with Crippen LogP contribution in [-0.2, 0) is 6.54 Å². The van der Waals surface area contributed by atoms with Crippen LogP contribution in [-0.4, -0.2) is 17.6 Å². The molecule has 0 spiro atoms. The summed E-state index contributed by atoms with van der Waals surface area (Å²) in [6, 6.07) is 1.84. The second-order valence-electron chi connectivity index (χ2n) is 4.35. The molecule has 0 unspecified atom stereocenters. The van der Waals surface area contributed by atoms with E-state index in [0.29, 0.717) is 11.4 Å². The number of rotatable bonds is 3. The van der Waals surface area contributed by atoms with Crippen molar-refractivity contribution in [3.8, 4) is 11.8 Å². The lowest BCUT2D eigenvalue weighted by atomic mass is 10.2. The van der Waals surface area contributed by atoms with Crippen LogP contribution in [0, 0.1) is 25.7 Å². The molecule has 0 saturated carbocycles. The highest BCUT2D eigenvalue weighted by Gasteiger charge is 2.11. The van der Waals surface area contributed by atoms with Crippen LogP contribution >= 0.6 is 22.7 Å². The van der Waals surface area contributed by atoms with Gasteiger partial charge in [-0.1, -0.05) is 11.8 Å². The molecule has 0 aliphatic carbocycles. The summed E-state index contributed by atoms with van der Waals surface area (Å²) in [5, 5.41) is 15.7. The Morgan fingerprint density at radius 1 is 1.35 bits per heavy atom. The molecule has 2 rings (SSSR count). The van der Waals surface area contributed by atoms with E-state index in [1.165, 1.54) is 16.9 Å². The van der Waals surface area contributed by atoms with Crippen molar-refractivity contribution in [1.29, 1.82) is 0 Å². The van der Waals surface area contributed by atoms with Crippen molar-refractivity contribution in [2.75, 3.05) is 6.61 Å². The van der Waals surface area contributed by atoms with Gasteiger partial charge in [-0.25, -0.2) is 0 Å². The summed E-state index contributed by atoms with van der Waals surface area (Å²) in [6.45, 7) is 4.33. The zero-order valence-corrected chi connectivity index (χ0v) is 13.0. The first kappa shape index (κ1) is 14.8. The van der Waals surface area contributed by atoms with Crippen LogP contribution < -0.4 is 5.32 Å². The molecule has 0 atom stereocenters. The van der Waals surface area contributed by atoms with Crippen LogP contribution in [0.15, 0.2) is 16.8 Å². The minimum Gasteiger partial charge on any atom is -0.384 e. The maximum absolute atomic E-state index is 12.1. The van der Waals surface area contributed by atoms with E-state index in [0.717, 1.165) is 16.0 Å². The number of aliphatic hydroxyl groups is 1. The number of thiophene rings is 2. The second kappa shape index (κ2) is 6.71. The largest absolute Gasteiger partial charge is 0.384 e. The average molecular weight is 305 g/mol. The van der Waals surface area contributed by atoms with Gasteiger partial charge in [0.15, 0.2) is 0 Å². The molecule has 0 aromatic carbocycles. The summed E-state index contributed by atoms with van der Waals surface area (Å²) < 4.78 is 0. The first-order valence-electron chi connectivity index (χ1n) is 6.12. The van der Waals surface area contributed by atoms with E-state index in [1.54, 1.807) is 11.3 Å². The SMILES string of the molecule is Cc1cscc1CNC(=O)c1cc(C)c(C#CCO)s1. The summed E-state index contributed by atoms with van der Waals surface area (Å²) >= 11 is 2.99. The van der Waals surface area contributed by atoms with Gasteiger partial charge in [-0.05, 0) is 47.4 Å². The monoisotopic (exact) mass is 305 g/mol. The summed E-state index contributed by atoms with van der Waals surface area (Å²) in [5.41, 5.74) is 3.32. The molecule has 2 aromatic rings. The van der Waals surface area contributed by atoms with Gasteiger partial charge in [-0.3, -0.25) is 4.79 Å². The van der Waals surface area contributed by atoms with Crippen molar-refractivity contribution in [2.24, 2.45) is 0 Å². The average Bonchev–Trinajstić information content (AvgIpc) is 3.00. The third-order valence-electron chi connectivity index (χ3n) is 2.82. The summed E-state index contributed by atoms with van der Waals surface area (Å²) in [5.74, 6) is 5.38. The van der Waals surface area contributed by atoms with Crippen molar-refractivity contribution in [2.45, 2.75) is 20.4 Å². The molecule has 5 heteroatoms. The van der Waals surface area contributed by atoms with E-state index in [4.69, 9.17) is 5.11 Å². The fraction of sp³-hybridized carbons (Fsp3) is 0.267. The molecule has 0 aliphatic heterocycles. The van der Waals surface area contributed by atoms with Crippen LogP contribution in [0.25, 0.3) is 0 Å². The van der Waals surface area contributed by atoms with Gasteiger partial charge in [0.05, 0.1) is 9.75 Å². The van der Waals surface area contributed by atoms with Gasteiger partial charge < -0.3 is 10.4 Å². The van der Waals surface area contributed by atoms with Crippen LogP contribution in [0.1, 0.15) is 31.2 Å². The molecule has 20 heavy (non-hydrogen) atoms. The summed E-state index contributed by atoms with van der Waals surface area (Å²) in [7, 11) is 0. The lowest BCUT2D eigenvalue weighted by Crippen LogP contribution is -2.21. The maximum Gasteiger partial charge on any atom is 0.261 e. The van der Waals surface area contributed by atoms with E-state index >= 15 is 0 Å². The molecule has 1 amide bonds. The lowest BCUT2D eigenvalue weighted by molar-refractivity contribution is 0.0955. The highest BCUT2D eigenvalue weighted by Crippen LogP contribution is 2.21. The Kier molecular flexibility index (Phi) is 4.96. The topological polar surface area (TPSA) is 49.3 Å². The zero-order chi connectivity index (χ0) is 14.5. The third kappa shape index (κ3) is 3.48. The number of nitrogens with one attached hydrogen (secondary N) is 1. The molecule has 2 heterocycles. The number of amides is 1. The Labute approximate surface area is 126 Å². The number of carbonyl (C=O) groups excluding carboxylic acids is 1. The summed E-state index contributed by atoms with van der Waals surface area (Å²) in [4.78, 5) is 13.6. The van der Waals surface area contributed by atoms with Gasteiger partial charge in [0.2, 0.25) is 0 Å². The molecule has 0 aliphatic rings. The lowest BCUT2D eigenvalue weighted by Gasteiger charge is -2.02. The molecule has 0 radical (unpaired) electrons. The van der Waals surface area contributed by atoms with Crippen LogP contribution in [0.2, 0.25) is 0 Å². The molecule has 0 fully saturated rings. The molecule has 2 aromatic heterocycles. The van der Waals surface area contributed by atoms with Gasteiger partial charge in [-0.2, -0.15) is 11.3 Å². The maximum atomic E-state index is 12.1. The zero-order valence-electron chi connectivity index (χ0n) is 11.3. The van der Waals surface area contributed by atoms with Crippen molar-refractivity contribution in [1.82, 2.24) is 5.32 Å². The van der Waals surface area contributed by atoms with E-state index in [9.17, 15) is 4.79 Å². The van der Waals surface area contributed by atoms with Crippen molar-refractivity contribution >= 4 is 28.6 Å². The van der Waals surface area contributed by atoms with Crippen molar-refractivity contribution < 1.29 is 9.90 Å². The Bertz CT molecular complexity index is 674. The molecule has 3 nitrogen and oxygen atoms in total. The molecule has 2 N–H and O–H groups in total. The predicted molar refractivity (Wildman–Crippen MR) is 83.2 cm³/mol. The quantitative estimate of drug-likeness (QED) is 0.857. The molecule has 0 saturated heterocycles. The molecular formula is C15H15NO2S2. The fourth-order valence-electron chi connectivity index (χ4n) is 1.67. The van der Waals surface area contributed by atoms with E-state index in [2.05, 4.69) is 22.5 Å². The Morgan fingerprint density at radius 2 is 2.15 bits per heavy atom. The normalized spacial score (nSPS) is 9.95. The van der Waals surface area contributed by atoms with Crippen LogP contribution in [0.4, 0.5) is 0 Å². The second-order valence-corrected chi connectivity index (χ2v) is 6.14. The third-order valence-corrected chi connectivity index (χ3v) is 4.89. The summed E-state index contributed by atoms with van der Waals surface area (Å²) in [6.07, 6.45) is 0.